The number of hydrogen-bond donors (Lipinski definition) is 1. The van der Waals surface area contributed by atoms with Crippen molar-refractivity contribution in [2.24, 2.45) is 0 Å². The zero-order valence-corrected chi connectivity index (χ0v) is 14.2. The molecular weight excluding hydrogens is 361 g/mol. The van der Waals surface area contributed by atoms with E-state index in [0.29, 0.717) is 18.1 Å². The Morgan fingerprint density at radius 2 is 2.17 bits per heavy atom. The number of fused-ring (bicyclic) bond motifs is 1. The first-order valence-corrected chi connectivity index (χ1v) is 8.88. The molecule has 0 aromatic carbocycles. The first-order chi connectivity index (χ1) is 11.4. The number of alkyl halides is 3. The van der Waals surface area contributed by atoms with Gasteiger partial charge in [0.2, 0.25) is 0 Å². The van der Waals surface area contributed by atoms with Gasteiger partial charge in [0.1, 0.15) is 10.2 Å². The molecule has 0 saturated carbocycles. The van der Waals surface area contributed by atoms with Crippen molar-refractivity contribution in [3.05, 3.63) is 29.2 Å². The summed E-state index contributed by atoms with van der Waals surface area (Å²) in [6.45, 7) is 2.30. The SMILES string of the molecule is Cc1cc(NCCCSc2nccs2)n2nc(C(F)(F)F)nc2n1. The Kier molecular flexibility index (Phi) is 4.90. The summed E-state index contributed by atoms with van der Waals surface area (Å²) in [5.41, 5.74) is 0.572. The monoisotopic (exact) mass is 374 g/mol. The van der Waals surface area contributed by atoms with Crippen molar-refractivity contribution >= 4 is 34.7 Å². The van der Waals surface area contributed by atoms with E-state index in [9.17, 15) is 13.2 Å². The van der Waals surface area contributed by atoms with Gasteiger partial charge in [0.05, 0.1) is 0 Å². The van der Waals surface area contributed by atoms with Crippen molar-refractivity contribution in [1.29, 1.82) is 0 Å². The Labute approximate surface area is 143 Å². The van der Waals surface area contributed by atoms with Gasteiger partial charge in [0.25, 0.3) is 11.6 Å². The van der Waals surface area contributed by atoms with E-state index >= 15 is 0 Å². The van der Waals surface area contributed by atoms with Crippen LogP contribution in [0.1, 0.15) is 17.9 Å². The molecule has 0 radical (unpaired) electrons. The van der Waals surface area contributed by atoms with Crippen LogP contribution >= 0.6 is 23.1 Å². The van der Waals surface area contributed by atoms with Gasteiger partial charge < -0.3 is 5.32 Å². The first kappa shape index (κ1) is 17.0. The van der Waals surface area contributed by atoms with Gasteiger partial charge in [-0.05, 0) is 13.3 Å². The van der Waals surface area contributed by atoms with Crippen molar-refractivity contribution in [3.8, 4) is 0 Å². The zero-order chi connectivity index (χ0) is 17.2. The summed E-state index contributed by atoms with van der Waals surface area (Å²) in [5.74, 6) is 0.0449. The molecule has 3 rings (SSSR count). The van der Waals surface area contributed by atoms with Crippen molar-refractivity contribution in [2.45, 2.75) is 23.9 Å². The molecule has 11 heteroatoms. The Morgan fingerprint density at radius 3 is 2.88 bits per heavy atom. The highest BCUT2D eigenvalue weighted by molar-refractivity contribution is 8.00. The fourth-order valence-corrected chi connectivity index (χ4v) is 3.61. The number of thioether (sulfide) groups is 1. The van der Waals surface area contributed by atoms with Crippen LogP contribution in [0.3, 0.4) is 0 Å². The maximum Gasteiger partial charge on any atom is 0.453 e. The van der Waals surface area contributed by atoms with Gasteiger partial charge in [-0.1, -0.05) is 11.8 Å². The Morgan fingerprint density at radius 1 is 1.33 bits per heavy atom. The summed E-state index contributed by atoms with van der Waals surface area (Å²) in [6, 6.07) is 1.65. The summed E-state index contributed by atoms with van der Waals surface area (Å²) in [6.07, 6.45) is -2.01. The molecule has 0 amide bonds. The highest BCUT2D eigenvalue weighted by Gasteiger charge is 2.36. The van der Waals surface area contributed by atoms with Gasteiger partial charge in [0.15, 0.2) is 0 Å². The highest BCUT2D eigenvalue weighted by Crippen LogP contribution is 2.27. The molecule has 0 spiro atoms. The second kappa shape index (κ2) is 6.93. The fourth-order valence-electron chi connectivity index (χ4n) is 1.96. The van der Waals surface area contributed by atoms with E-state index in [1.807, 2.05) is 5.38 Å². The quantitative estimate of drug-likeness (QED) is 0.526. The third-order valence-corrected chi connectivity index (χ3v) is 5.01. The van der Waals surface area contributed by atoms with E-state index in [1.165, 1.54) is 0 Å². The molecule has 0 unspecified atom stereocenters. The van der Waals surface area contributed by atoms with Crippen LogP contribution < -0.4 is 5.32 Å². The number of hydrogen-bond acceptors (Lipinski definition) is 7. The molecule has 0 saturated heterocycles. The minimum absolute atomic E-state index is 0.0676. The lowest BCUT2D eigenvalue weighted by Crippen LogP contribution is -2.10. The molecule has 6 nitrogen and oxygen atoms in total. The minimum atomic E-state index is -4.59. The molecule has 0 aliphatic heterocycles. The largest absolute Gasteiger partial charge is 0.453 e. The Hall–Kier alpha value is -1.88. The van der Waals surface area contributed by atoms with Gasteiger partial charge in [-0.3, -0.25) is 0 Å². The van der Waals surface area contributed by atoms with Crippen molar-refractivity contribution in [1.82, 2.24) is 24.6 Å². The van der Waals surface area contributed by atoms with Crippen LogP contribution in [0.25, 0.3) is 5.78 Å². The summed E-state index contributed by atoms with van der Waals surface area (Å²) in [5, 5.41) is 8.52. The van der Waals surface area contributed by atoms with Crippen molar-refractivity contribution in [3.63, 3.8) is 0 Å². The first-order valence-electron chi connectivity index (χ1n) is 7.01. The maximum atomic E-state index is 12.8. The molecule has 24 heavy (non-hydrogen) atoms. The minimum Gasteiger partial charge on any atom is -0.370 e. The predicted octanol–water partition coefficient (Wildman–Crippen LogP) is 3.50. The van der Waals surface area contributed by atoms with Crippen LogP contribution in [0.4, 0.5) is 19.0 Å². The van der Waals surface area contributed by atoms with Crippen LogP contribution in [0, 0.1) is 6.92 Å². The maximum absolute atomic E-state index is 12.8. The molecule has 0 aliphatic carbocycles. The van der Waals surface area contributed by atoms with Gasteiger partial charge in [0, 0.05) is 35.6 Å². The standard InChI is InChI=1S/C13H13F3N6S2/c1-8-7-9(17-3-2-5-23-12-18-4-6-24-12)22-11(19-8)20-10(21-22)13(14,15)16/h4,6-7,17H,2-3,5H2,1H3. The third-order valence-electron chi connectivity index (χ3n) is 2.96. The number of aryl methyl sites for hydroxylation is 1. The van der Waals surface area contributed by atoms with Gasteiger partial charge in [-0.15, -0.1) is 16.4 Å². The molecule has 0 atom stereocenters. The van der Waals surface area contributed by atoms with Crippen LogP contribution in [0.15, 0.2) is 22.0 Å². The van der Waals surface area contributed by atoms with E-state index < -0.39 is 12.0 Å². The number of nitrogens with one attached hydrogen (secondary N) is 1. The van der Waals surface area contributed by atoms with E-state index in [-0.39, 0.29) is 5.78 Å². The molecule has 3 aromatic heterocycles. The number of aromatic nitrogens is 5. The predicted molar refractivity (Wildman–Crippen MR) is 86.5 cm³/mol. The van der Waals surface area contributed by atoms with Crippen LogP contribution in [-0.4, -0.2) is 36.9 Å². The average molecular weight is 374 g/mol. The van der Waals surface area contributed by atoms with Crippen LogP contribution in [0.2, 0.25) is 0 Å². The topological polar surface area (TPSA) is 68.0 Å². The lowest BCUT2D eigenvalue weighted by molar-refractivity contribution is -0.144. The van der Waals surface area contributed by atoms with Crippen molar-refractivity contribution in [2.75, 3.05) is 17.6 Å². The van der Waals surface area contributed by atoms with E-state index in [4.69, 9.17) is 0 Å². The number of halogens is 3. The smallest absolute Gasteiger partial charge is 0.370 e. The molecule has 0 bridgehead atoms. The summed E-state index contributed by atoms with van der Waals surface area (Å²) < 4.78 is 40.3. The molecule has 0 fully saturated rings. The summed E-state index contributed by atoms with van der Waals surface area (Å²) in [4.78, 5) is 11.6. The third kappa shape index (κ3) is 3.96. The second-order valence-electron chi connectivity index (χ2n) is 4.85. The summed E-state index contributed by atoms with van der Waals surface area (Å²) in [7, 11) is 0. The average Bonchev–Trinajstić information content (AvgIpc) is 3.14. The number of rotatable bonds is 6. The van der Waals surface area contributed by atoms with E-state index in [1.54, 1.807) is 42.3 Å². The Bertz CT molecular complexity index is 815. The van der Waals surface area contributed by atoms with E-state index in [0.717, 1.165) is 21.0 Å². The van der Waals surface area contributed by atoms with E-state index in [2.05, 4.69) is 25.4 Å². The number of nitrogens with zero attached hydrogens (tertiary/aromatic N) is 5. The van der Waals surface area contributed by atoms with Crippen LogP contribution in [-0.2, 0) is 6.18 Å². The second-order valence-corrected chi connectivity index (χ2v) is 7.09. The van der Waals surface area contributed by atoms with Gasteiger partial charge in [-0.25, -0.2) is 9.97 Å². The molecule has 1 N–H and O–H groups in total. The molecular formula is C13H13F3N6S2. The lowest BCUT2D eigenvalue weighted by Gasteiger charge is -2.08. The molecule has 128 valence electrons. The Balaban J connectivity index is 1.66. The van der Waals surface area contributed by atoms with Gasteiger partial charge >= 0.3 is 6.18 Å². The lowest BCUT2D eigenvalue weighted by atomic mass is 10.4. The van der Waals surface area contributed by atoms with Gasteiger partial charge in [-0.2, -0.15) is 22.7 Å². The molecule has 0 aliphatic rings. The number of anilines is 1. The zero-order valence-electron chi connectivity index (χ0n) is 12.5. The fraction of sp³-hybridized carbons (Fsp3) is 0.385. The van der Waals surface area contributed by atoms with Crippen molar-refractivity contribution < 1.29 is 13.2 Å². The molecule has 3 aromatic rings. The summed E-state index contributed by atoms with van der Waals surface area (Å²) >= 11 is 3.23. The highest BCUT2D eigenvalue weighted by atomic mass is 32.2. The number of thiazole rings is 1. The van der Waals surface area contributed by atoms with Crippen LogP contribution in [0.5, 0.6) is 0 Å². The normalized spacial score (nSPS) is 12.0. The molecule has 3 heterocycles.